The smallest absolute Gasteiger partial charge is 0.318 e. The van der Waals surface area contributed by atoms with E-state index in [1.807, 2.05) is 80.6 Å². The first-order valence-corrected chi connectivity index (χ1v) is 10.7. The Labute approximate surface area is 187 Å². The van der Waals surface area contributed by atoms with Crippen molar-refractivity contribution in [2.24, 2.45) is 0 Å². The zero-order chi connectivity index (χ0) is 22.5. The minimum Gasteiger partial charge on any atom is -0.334 e. The number of aryl methyl sites for hydroxylation is 2. The molecular formula is C27H27N3O2. The van der Waals surface area contributed by atoms with Gasteiger partial charge in [-0.3, -0.25) is 4.79 Å². The first kappa shape index (κ1) is 21.4. The number of nitrogens with zero attached hydrogens (tertiary/aromatic N) is 1. The lowest BCUT2D eigenvalue weighted by Crippen LogP contribution is -2.39. The summed E-state index contributed by atoms with van der Waals surface area (Å²) >= 11 is 0. The maximum atomic E-state index is 13.1. The van der Waals surface area contributed by atoms with Crippen molar-refractivity contribution in [1.82, 2.24) is 15.2 Å². The maximum Gasteiger partial charge on any atom is 0.318 e. The van der Waals surface area contributed by atoms with Gasteiger partial charge in [-0.1, -0.05) is 72.3 Å². The molecule has 0 saturated heterocycles. The van der Waals surface area contributed by atoms with Crippen molar-refractivity contribution in [3.05, 3.63) is 117 Å². The number of nitrogens with one attached hydrogen (secondary N) is 2. The third-order valence-electron chi connectivity index (χ3n) is 5.52. The molecule has 0 aliphatic heterocycles. The molecule has 0 aliphatic carbocycles. The number of rotatable bonds is 6. The van der Waals surface area contributed by atoms with Gasteiger partial charge < -0.3 is 15.2 Å². The molecule has 3 aromatic carbocycles. The number of hydrogen-bond donors (Lipinski definition) is 2. The monoisotopic (exact) mass is 425 g/mol. The van der Waals surface area contributed by atoms with Gasteiger partial charge in [0.2, 0.25) is 0 Å². The van der Waals surface area contributed by atoms with Crippen molar-refractivity contribution in [1.29, 1.82) is 0 Å². The third kappa shape index (κ3) is 5.06. The highest BCUT2D eigenvalue weighted by Gasteiger charge is 2.17. The number of amides is 2. The summed E-state index contributed by atoms with van der Waals surface area (Å²) in [5.41, 5.74) is 5.43. The fourth-order valence-electron chi connectivity index (χ4n) is 3.94. The molecule has 4 aromatic rings. The molecule has 0 unspecified atom stereocenters. The lowest BCUT2D eigenvalue weighted by molar-refractivity contribution is 0.191. The zero-order valence-corrected chi connectivity index (χ0v) is 18.4. The first-order valence-electron chi connectivity index (χ1n) is 10.7. The standard InChI is InChI=1S/C27H27N3O2/c1-19-13-20(2)25-23(14-19)15-24(26(31)29-25)18-30(17-22-11-7-4-8-12-22)27(32)28-16-21-9-5-3-6-10-21/h3-15H,16-18H2,1-2H3,(H,28,32)(H,29,31). The van der Waals surface area contributed by atoms with Crippen molar-refractivity contribution in [3.63, 3.8) is 0 Å². The molecule has 0 aliphatic rings. The van der Waals surface area contributed by atoms with Crippen LogP contribution in [0.15, 0.2) is 83.7 Å². The van der Waals surface area contributed by atoms with Crippen molar-refractivity contribution in [2.75, 3.05) is 0 Å². The number of carbonyl (C=O) groups excluding carboxylic acids is 1. The predicted molar refractivity (Wildman–Crippen MR) is 128 cm³/mol. The van der Waals surface area contributed by atoms with Crippen LogP contribution < -0.4 is 10.9 Å². The van der Waals surface area contributed by atoms with Crippen molar-refractivity contribution >= 4 is 16.9 Å². The second-order valence-corrected chi connectivity index (χ2v) is 8.16. The first-order chi connectivity index (χ1) is 15.5. The van der Waals surface area contributed by atoms with Crippen LogP contribution in [0.4, 0.5) is 4.79 Å². The van der Waals surface area contributed by atoms with Gasteiger partial charge in [-0.15, -0.1) is 0 Å². The molecule has 5 heteroatoms. The highest BCUT2D eigenvalue weighted by molar-refractivity contribution is 5.83. The Morgan fingerprint density at radius 3 is 2.22 bits per heavy atom. The van der Waals surface area contributed by atoms with E-state index in [0.29, 0.717) is 18.7 Å². The Morgan fingerprint density at radius 1 is 0.875 bits per heavy atom. The predicted octanol–water partition coefficient (Wildman–Crippen LogP) is 5.06. The van der Waals surface area contributed by atoms with E-state index in [1.54, 1.807) is 4.90 Å². The summed E-state index contributed by atoms with van der Waals surface area (Å²) in [5, 5.41) is 3.96. The van der Waals surface area contributed by atoms with Crippen LogP contribution in [0.1, 0.15) is 27.8 Å². The van der Waals surface area contributed by atoms with Crippen LogP contribution in [-0.2, 0) is 19.6 Å². The van der Waals surface area contributed by atoms with E-state index in [2.05, 4.69) is 22.4 Å². The number of hydrogen-bond acceptors (Lipinski definition) is 2. The molecule has 5 nitrogen and oxygen atoms in total. The molecule has 0 bridgehead atoms. The van der Waals surface area contributed by atoms with Crippen LogP contribution in [0.5, 0.6) is 0 Å². The number of fused-ring (bicyclic) bond motifs is 1. The molecule has 32 heavy (non-hydrogen) atoms. The molecule has 162 valence electrons. The van der Waals surface area contributed by atoms with Gasteiger partial charge in [0.25, 0.3) is 5.56 Å². The van der Waals surface area contributed by atoms with Crippen LogP contribution in [0.3, 0.4) is 0 Å². The molecule has 0 atom stereocenters. The number of aromatic nitrogens is 1. The van der Waals surface area contributed by atoms with E-state index in [-0.39, 0.29) is 18.1 Å². The topological polar surface area (TPSA) is 65.2 Å². The quantitative estimate of drug-likeness (QED) is 0.454. The molecule has 2 N–H and O–H groups in total. The molecule has 0 saturated carbocycles. The third-order valence-corrected chi connectivity index (χ3v) is 5.52. The minimum absolute atomic E-state index is 0.168. The van der Waals surface area contributed by atoms with Gasteiger partial charge in [-0.25, -0.2) is 4.79 Å². The summed E-state index contributed by atoms with van der Waals surface area (Å²) in [6.07, 6.45) is 0. The lowest BCUT2D eigenvalue weighted by atomic mass is 10.1. The van der Waals surface area contributed by atoms with Crippen LogP contribution in [0, 0.1) is 13.8 Å². The van der Waals surface area contributed by atoms with Gasteiger partial charge in [0.15, 0.2) is 0 Å². The largest absolute Gasteiger partial charge is 0.334 e. The molecule has 1 heterocycles. The fraction of sp³-hybridized carbons (Fsp3) is 0.185. The highest BCUT2D eigenvalue weighted by Crippen LogP contribution is 2.19. The van der Waals surface area contributed by atoms with Gasteiger partial charge in [0, 0.05) is 18.7 Å². The van der Waals surface area contributed by atoms with E-state index >= 15 is 0 Å². The second-order valence-electron chi connectivity index (χ2n) is 8.16. The normalized spacial score (nSPS) is 10.8. The zero-order valence-electron chi connectivity index (χ0n) is 18.4. The molecule has 4 rings (SSSR count). The number of carbonyl (C=O) groups is 1. The van der Waals surface area contributed by atoms with Crippen LogP contribution in [0.2, 0.25) is 0 Å². The van der Waals surface area contributed by atoms with Crippen molar-refractivity contribution in [2.45, 2.75) is 33.5 Å². The fourth-order valence-corrected chi connectivity index (χ4v) is 3.94. The number of urea groups is 1. The molecule has 0 radical (unpaired) electrons. The average molecular weight is 426 g/mol. The Balaban J connectivity index is 1.61. The van der Waals surface area contributed by atoms with E-state index in [4.69, 9.17) is 0 Å². The van der Waals surface area contributed by atoms with Crippen molar-refractivity contribution < 1.29 is 4.79 Å². The van der Waals surface area contributed by atoms with Crippen molar-refractivity contribution in [3.8, 4) is 0 Å². The second kappa shape index (κ2) is 9.52. The molecule has 2 amide bonds. The van der Waals surface area contributed by atoms with Gasteiger partial charge in [0.1, 0.15) is 0 Å². The average Bonchev–Trinajstić information content (AvgIpc) is 2.79. The van der Waals surface area contributed by atoms with Gasteiger partial charge in [0.05, 0.1) is 12.1 Å². The van der Waals surface area contributed by atoms with E-state index in [1.165, 1.54) is 0 Å². The lowest BCUT2D eigenvalue weighted by Gasteiger charge is -2.23. The summed E-state index contributed by atoms with van der Waals surface area (Å²) in [4.78, 5) is 30.6. The summed E-state index contributed by atoms with van der Waals surface area (Å²) in [6.45, 7) is 5.08. The molecular weight excluding hydrogens is 398 g/mol. The Kier molecular flexibility index (Phi) is 6.36. The summed E-state index contributed by atoms with van der Waals surface area (Å²) in [7, 11) is 0. The Morgan fingerprint density at radius 2 is 1.53 bits per heavy atom. The minimum atomic E-state index is -0.211. The van der Waals surface area contributed by atoms with Crippen LogP contribution in [-0.4, -0.2) is 15.9 Å². The van der Waals surface area contributed by atoms with Gasteiger partial charge >= 0.3 is 6.03 Å². The van der Waals surface area contributed by atoms with E-state index in [9.17, 15) is 9.59 Å². The van der Waals surface area contributed by atoms with E-state index < -0.39 is 0 Å². The van der Waals surface area contributed by atoms with Crippen LogP contribution >= 0.6 is 0 Å². The Hall–Kier alpha value is -3.86. The highest BCUT2D eigenvalue weighted by atomic mass is 16.2. The number of H-pyrrole nitrogens is 1. The maximum absolute atomic E-state index is 13.1. The SMILES string of the molecule is Cc1cc(C)c2[nH]c(=O)c(CN(Cc3ccccc3)C(=O)NCc3ccccc3)cc2c1. The number of aromatic amines is 1. The summed E-state index contributed by atoms with van der Waals surface area (Å²) in [6, 6.07) is 25.4. The molecule has 0 spiro atoms. The number of pyridine rings is 1. The number of benzene rings is 3. The van der Waals surface area contributed by atoms with Gasteiger partial charge in [-0.05, 0) is 48.1 Å². The van der Waals surface area contributed by atoms with Crippen LogP contribution in [0.25, 0.3) is 10.9 Å². The summed E-state index contributed by atoms with van der Waals surface area (Å²) in [5.74, 6) is 0. The van der Waals surface area contributed by atoms with Gasteiger partial charge in [-0.2, -0.15) is 0 Å². The molecule has 0 fully saturated rings. The van der Waals surface area contributed by atoms with E-state index in [0.717, 1.165) is 33.2 Å². The Bertz CT molecular complexity index is 1280. The molecule has 1 aromatic heterocycles. The summed E-state index contributed by atoms with van der Waals surface area (Å²) < 4.78 is 0.